The van der Waals surface area contributed by atoms with Crippen molar-refractivity contribution in [2.24, 2.45) is 5.84 Å². The molecule has 0 spiro atoms. The van der Waals surface area contributed by atoms with Crippen molar-refractivity contribution in [3.05, 3.63) is 40.2 Å². The van der Waals surface area contributed by atoms with Gasteiger partial charge in [-0.05, 0) is 30.7 Å². The highest BCUT2D eigenvalue weighted by atomic mass is 35.5. The molecule has 0 fully saturated rings. The van der Waals surface area contributed by atoms with Gasteiger partial charge in [0.15, 0.2) is 0 Å². The van der Waals surface area contributed by atoms with Gasteiger partial charge in [0.2, 0.25) is 5.95 Å². The van der Waals surface area contributed by atoms with E-state index in [4.69, 9.17) is 17.4 Å². The fourth-order valence-corrected chi connectivity index (χ4v) is 3.17. The molecule has 5 nitrogen and oxygen atoms in total. The maximum Gasteiger partial charge on any atom is 0.240 e. The Kier molecular flexibility index (Phi) is 3.92. The predicted octanol–water partition coefficient (Wildman–Crippen LogP) is 3.94. The molecule has 2 aromatic heterocycles. The van der Waals surface area contributed by atoms with E-state index in [0.717, 1.165) is 22.3 Å². The number of halogens is 1. The Labute approximate surface area is 131 Å². The number of nitrogens with one attached hydrogen (secondary N) is 2. The molecule has 4 N–H and O–H groups in total. The molecule has 0 saturated heterocycles. The van der Waals surface area contributed by atoms with E-state index >= 15 is 0 Å². The Morgan fingerprint density at radius 1 is 1.29 bits per heavy atom. The molecule has 0 unspecified atom stereocenters. The first kappa shape index (κ1) is 14.1. The van der Waals surface area contributed by atoms with Crippen LogP contribution in [0.15, 0.2) is 30.3 Å². The van der Waals surface area contributed by atoms with Gasteiger partial charge >= 0.3 is 0 Å². The number of anilines is 3. The van der Waals surface area contributed by atoms with Crippen LogP contribution in [-0.2, 0) is 6.42 Å². The van der Waals surface area contributed by atoms with Crippen LogP contribution in [0.1, 0.15) is 11.8 Å². The van der Waals surface area contributed by atoms with Crippen molar-refractivity contribution in [1.29, 1.82) is 0 Å². The van der Waals surface area contributed by atoms with Crippen molar-refractivity contribution >= 4 is 50.6 Å². The molecule has 2 heterocycles. The molecular formula is C14H14ClN5S. The van der Waals surface area contributed by atoms with E-state index in [1.54, 1.807) is 11.3 Å². The van der Waals surface area contributed by atoms with E-state index in [2.05, 4.69) is 33.7 Å². The SMILES string of the molecule is CCc1cc2c(Nc3cccc(Cl)c3)nc(NN)nc2s1. The highest BCUT2D eigenvalue weighted by molar-refractivity contribution is 7.18. The van der Waals surface area contributed by atoms with Crippen LogP contribution in [0.2, 0.25) is 5.02 Å². The second-order valence-corrected chi connectivity index (χ2v) is 6.01. The number of hydrogen-bond donors (Lipinski definition) is 3. The summed E-state index contributed by atoms with van der Waals surface area (Å²) in [6.45, 7) is 2.12. The predicted molar refractivity (Wildman–Crippen MR) is 89.3 cm³/mol. The van der Waals surface area contributed by atoms with E-state index < -0.39 is 0 Å². The Bertz CT molecular complexity index is 786. The monoisotopic (exact) mass is 319 g/mol. The van der Waals surface area contributed by atoms with Crippen LogP contribution in [0.4, 0.5) is 17.5 Å². The number of benzene rings is 1. The van der Waals surface area contributed by atoms with Crippen LogP contribution in [0, 0.1) is 0 Å². The topological polar surface area (TPSA) is 75.9 Å². The van der Waals surface area contributed by atoms with E-state index in [9.17, 15) is 0 Å². The Morgan fingerprint density at radius 2 is 2.14 bits per heavy atom. The standard InChI is InChI=1S/C14H14ClN5S/c1-2-10-7-11-12(17-9-5-3-4-8(15)6-9)18-14(20-16)19-13(11)21-10/h3-7H,2,16H2,1H3,(H2,17,18,19,20). The van der Waals surface area contributed by atoms with Gasteiger partial charge in [-0.1, -0.05) is 24.6 Å². The number of aromatic nitrogens is 2. The molecule has 0 amide bonds. The van der Waals surface area contributed by atoms with Gasteiger partial charge in [-0.3, -0.25) is 5.43 Å². The third-order valence-corrected chi connectivity index (χ3v) is 4.42. The van der Waals surface area contributed by atoms with Crippen LogP contribution in [0.3, 0.4) is 0 Å². The molecule has 0 aliphatic heterocycles. The summed E-state index contributed by atoms with van der Waals surface area (Å²) in [6, 6.07) is 9.60. The van der Waals surface area contributed by atoms with Crippen LogP contribution in [0.5, 0.6) is 0 Å². The van der Waals surface area contributed by atoms with Crippen molar-refractivity contribution in [1.82, 2.24) is 9.97 Å². The third-order valence-electron chi connectivity index (χ3n) is 3.01. The lowest BCUT2D eigenvalue weighted by Gasteiger charge is -2.08. The summed E-state index contributed by atoms with van der Waals surface area (Å²) in [5.74, 6) is 6.55. The number of aryl methyl sites for hydroxylation is 1. The summed E-state index contributed by atoms with van der Waals surface area (Å²) in [5, 5.41) is 4.93. The highest BCUT2D eigenvalue weighted by Crippen LogP contribution is 2.32. The molecule has 108 valence electrons. The second kappa shape index (κ2) is 5.85. The molecule has 7 heteroatoms. The zero-order valence-electron chi connectivity index (χ0n) is 11.4. The van der Waals surface area contributed by atoms with Gasteiger partial charge in [0.1, 0.15) is 10.6 Å². The van der Waals surface area contributed by atoms with Gasteiger partial charge in [0.05, 0.1) is 5.39 Å². The Hall–Kier alpha value is -1.89. The minimum Gasteiger partial charge on any atom is -0.339 e. The number of hydrazine groups is 1. The van der Waals surface area contributed by atoms with Crippen LogP contribution >= 0.6 is 22.9 Å². The van der Waals surface area contributed by atoms with E-state index in [-0.39, 0.29) is 0 Å². The fraction of sp³-hybridized carbons (Fsp3) is 0.143. The molecule has 0 saturated carbocycles. The lowest BCUT2D eigenvalue weighted by molar-refractivity contribution is 1.16. The summed E-state index contributed by atoms with van der Waals surface area (Å²) in [6.07, 6.45) is 0.961. The van der Waals surface area contributed by atoms with Crippen molar-refractivity contribution in [2.75, 3.05) is 10.7 Å². The smallest absolute Gasteiger partial charge is 0.240 e. The minimum absolute atomic E-state index is 0.386. The zero-order valence-corrected chi connectivity index (χ0v) is 12.9. The Balaban J connectivity index is 2.09. The number of rotatable bonds is 4. The quantitative estimate of drug-likeness (QED) is 0.501. The summed E-state index contributed by atoms with van der Waals surface area (Å²) < 4.78 is 0. The maximum absolute atomic E-state index is 6.01. The highest BCUT2D eigenvalue weighted by Gasteiger charge is 2.11. The molecule has 0 radical (unpaired) electrons. The molecule has 21 heavy (non-hydrogen) atoms. The largest absolute Gasteiger partial charge is 0.339 e. The van der Waals surface area contributed by atoms with Crippen molar-refractivity contribution in [3.8, 4) is 0 Å². The maximum atomic E-state index is 6.01. The summed E-state index contributed by atoms with van der Waals surface area (Å²) in [5.41, 5.74) is 3.37. The number of nitrogens with zero attached hydrogens (tertiary/aromatic N) is 2. The third kappa shape index (κ3) is 2.92. The first-order valence-corrected chi connectivity index (χ1v) is 7.68. The molecule has 0 bridgehead atoms. The van der Waals surface area contributed by atoms with Gasteiger partial charge in [-0.25, -0.2) is 10.8 Å². The molecule has 1 aromatic carbocycles. The summed E-state index contributed by atoms with van der Waals surface area (Å²) in [7, 11) is 0. The minimum atomic E-state index is 0.386. The number of hydrogen-bond acceptors (Lipinski definition) is 6. The second-order valence-electron chi connectivity index (χ2n) is 4.46. The van der Waals surface area contributed by atoms with Crippen LogP contribution < -0.4 is 16.6 Å². The lowest BCUT2D eigenvalue weighted by Crippen LogP contribution is -2.11. The first-order valence-electron chi connectivity index (χ1n) is 6.49. The van der Waals surface area contributed by atoms with Crippen LogP contribution in [0.25, 0.3) is 10.2 Å². The number of nitrogen functional groups attached to an aromatic ring is 1. The molecule has 0 aliphatic rings. The van der Waals surface area contributed by atoms with E-state index in [1.165, 1.54) is 4.88 Å². The van der Waals surface area contributed by atoms with Crippen LogP contribution in [-0.4, -0.2) is 9.97 Å². The molecule has 3 rings (SSSR count). The molecule has 3 aromatic rings. The number of nitrogens with two attached hydrogens (primary N) is 1. The summed E-state index contributed by atoms with van der Waals surface area (Å²) in [4.78, 5) is 10.9. The van der Waals surface area contributed by atoms with Crippen molar-refractivity contribution < 1.29 is 0 Å². The molecular weight excluding hydrogens is 306 g/mol. The first-order chi connectivity index (χ1) is 10.2. The Morgan fingerprint density at radius 3 is 2.86 bits per heavy atom. The zero-order chi connectivity index (χ0) is 14.8. The lowest BCUT2D eigenvalue weighted by atomic mass is 10.3. The van der Waals surface area contributed by atoms with Gasteiger partial charge < -0.3 is 5.32 Å². The average molecular weight is 320 g/mol. The van der Waals surface area contributed by atoms with E-state index in [0.29, 0.717) is 16.8 Å². The number of fused-ring (bicyclic) bond motifs is 1. The molecule has 0 atom stereocenters. The van der Waals surface area contributed by atoms with Gasteiger partial charge in [0, 0.05) is 15.6 Å². The van der Waals surface area contributed by atoms with E-state index in [1.807, 2.05) is 24.3 Å². The van der Waals surface area contributed by atoms with Gasteiger partial charge in [0.25, 0.3) is 0 Å². The van der Waals surface area contributed by atoms with Crippen molar-refractivity contribution in [3.63, 3.8) is 0 Å². The van der Waals surface area contributed by atoms with Gasteiger partial charge in [-0.2, -0.15) is 4.98 Å². The van der Waals surface area contributed by atoms with Crippen molar-refractivity contribution in [2.45, 2.75) is 13.3 Å². The molecule has 0 aliphatic carbocycles. The average Bonchev–Trinajstić information content (AvgIpc) is 2.90. The number of thiophene rings is 1. The normalized spacial score (nSPS) is 10.8. The van der Waals surface area contributed by atoms with Gasteiger partial charge in [-0.15, -0.1) is 11.3 Å². The fourth-order valence-electron chi connectivity index (χ4n) is 2.01. The summed E-state index contributed by atoms with van der Waals surface area (Å²) >= 11 is 7.65.